The van der Waals surface area contributed by atoms with E-state index in [1.165, 1.54) is 25.7 Å². The predicted molar refractivity (Wildman–Crippen MR) is 71.9 cm³/mol. The van der Waals surface area contributed by atoms with Gasteiger partial charge >= 0.3 is 0 Å². The van der Waals surface area contributed by atoms with Crippen LogP contribution in [0.25, 0.3) is 0 Å². The SMILES string of the molecule is CCCNC(CCCOC(C)C)CC(C)C. The maximum atomic E-state index is 5.57. The van der Waals surface area contributed by atoms with Crippen LogP contribution in [0.15, 0.2) is 0 Å². The van der Waals surface area contributed by atoms with Crippen LogP contribution in [0.5, 0.6) is 0 Å². The standard InChI is InChI=1S/C14H31NO/c1-6-9-15-14(11-12(2)3)8-7-10-16-13(4)5/h12-15H,6-11H2,1-5H3. The summed E-state index contributed by atoms with van der Waals surface area (Å²) in [6.07, 6.45) is 5.28. The Kier molecular flexibility index (Phi) is 10.0. The van der Waals surface area contributed by atoms with Gasteiger partial charge in [0, 0.05) is 12.6 Å². The Morgan fingerprint density at radius 1 is 1.12 bits per heavy atom. The number of hydrogen-bond donors (Lipinski definition) is 1. The smallest absolute Gasteiger partial charge is 0.0518 e. The van der Waals surface area contributed by atoms with E-state index in [4.69, 9.17) is 4.74 Å². The van der Waals surface area contributed by atoms with E-state index in [1.807, 2.05) is 0 Å². The Morgan fingerprint density at radius 3 is 2.31 bits per heavy atom. The molecule has 0 saturated heterocycles. The third kappa shape index (κ3) is 10.4. The van der Waals surface area contributed by atoms with Gasteiger partial charge in [0.15, 0.2) is 0 Å². The summed E-state index contributed by atoms with van der Waals surface area (Å²) in [6.45, 7) is 13.1. The molecular formula is C14H31NO. The highest BCUT2D eigenvalue weighted by molar-refractivity contribution is 4.68. The molecule has 0 aliphatic rings. The van der Waals surface area contributed by atoms with Crippen molar-refractivity contribution in [3.8, 4) is 0 Å². The van der Waals surface area contributed by atoms with Crippen molar-refractivity contribution in [1.29, 1.82) is 0 Å². The van der Waals surface area contributed by atoms with Crippen LogP contribution in [-0.2, 0) is 4.74 Å². The van der Waals surface area contributed by atoms with Gasteiger partial charge in [-0.3, -0.25) is 0 Å². The topological polar surface area (TPSA) is 21.3 Å². The van der Waals surface area contributed by atoms with Crippen LogP contribution >= 0.6 is 0 Å². The molecule has 0 amide bonds. The molecule has 0 bridgehead atoms. The first-order valence-corrected chi connectivity index (χ1v) is 6.91. The molecule has 0 aliphatic heterocycles. The number of ether oxygens (including phenoxy) is 1. The third-order valence-electron chi connectivity index (χ3n) is 2.59. The van der Waals surface area contributed by atoms with Gasteiger partial charge in [0.2, 0.25) is 0 Å². The van der Waals surface area contributed by atoms with E-state index in [0.29, 0.717) is 12.1 Å². The fourth-order valence-electron chi connectivity index (χ4n) is 1.87. The lowest BCUT2D eigenvalue weighted by Gasteiger charge is -2.20. The summed E-state index contributed by atoms with van der Waals surface area (Å²) in [6, 6.07) is 0.677. The molecule has 0 rings (SSSR count). The highest BCUT2D eigenvalue weighted by Crippen LogP contribution is 2.10. The molecule has 0 saturated carbocycles. The summed E-state index contributed by atoms with van der Waals surface area (Å²) in [4.78, 5) is 0. The number of nitrogens with one attached hydrogen (secondary N) is 1. The summed E-state index contributed by atoms with van der Waals surface area (Å²) in [5.41, 5.74) is 0. The molecule has 1 atom stereocenters. The molecule has 16 heavy (non-hydrogen) atoms. The van der Waals surface area contributed by atoms with Gasteiger partial charge in [0.25, 0.3) is 0 Å². The van der Waals surface area contributed by atoms with Gasteiger partial charge in [-0.15, -0.1) is 0 Å². The Balaban J connectivity index is 3.64. The molecule has 0 fully saturated rings. The quantitative estimate of drug-likeness (QED) is 0.578. The van der Waals surface area contributed by atoms with E-state index in [2.05, 4.69) is 39.9 Å². The number of hydrogen-bond acceptors (Lipinski definition) is 2. The van der Waals surface area contributed by atoms with Crippen LogP contribution < -0.4 is 5.32 Å². The average Bonchev–Trinajstić information content (AvgIpc) is 2.19. The van der Waals surface area contributed by atoms with Crippen LogP contribution in [0.1, 0.15) is 60.3 Å². The van der Waals surface area contributed by atoms with Crippen LogP contribution in [-0.4, -0.2) is 25.3 Å². The lowest BCUT2D eigenvalue weighted by Crippen LogP contribution is -2.31. The Hall–Kier alpha value is -0.0800. The molecule has 0 heterocycles. The maximum absolute atomic E-state index is 5.57. The van der Waals surface area contributed by atoms with Crippen LogP contribution in [0.4, 0.5) is 0 Å². The van der Waals surface area contributed by atoms with E-state index in [9.17, 15) is 0 Å². The molecule has 98 valence electrons. The van der Waals surface area contributed by atoms with Crippen molar-refractivity contribution in [3.05, 3.63) is 0 Å². The van der Waals surface area contributed by atoms with Crippen molar-refractivity contribution >= 4 is 0 Å². The molecule has 0 aromatic carbocycles. The van der Waals surface area contributed by atoms with E-state index in [0.717, 1.165) is 19.1 Å². The Bertz CT molecular complexity index is 146. The number of rotatable bonds is 10. The third-order valence-corrected chi connectivity index (χ3v) is 2.59. The first-order chi connectivity index (χ1) is 7.56. The van der Waals surface area contributed by atoms with Crippen molar-refractivity contribution in [2.75, 3.05) is 13.2 Å². The van der Waals surface area contributed by atoms with Crippen molar-refractivity contribution in [2.24, 2.45) is 5.92 Å². The molecule has 0 radical (unpaired) electrons. The minimum atomic E-state index is 0.368. The second-order valence-electron chi connectivity index (χ2n) is 5.34. The van der Waals surface area contributed by atoms with Crippen LogP contribution in [0.2, 0.25) is 0 Å². The second kappa shape index (κ2) is 10.1. The predicted octanol–water partition coefficient (Wildman–Crippen LogP) is 3.61. The van der Waals surface area contributed by atoms with Gasteiger partial charge in [0.05, 0.1) is 6.10 Å². The summed E-state index contributed by atoms with van der Waals surface area (Å²) < 4.78 is 5.57. The molecule has 0 aliphatic carbocycles. The van der Waals surface area contributed by atoms with Crippen molar-refractivity contribution in [1.82, 2.24) is 5.32 Å². The molecule has 2 nitrogen and oxygen atoms in total. The summed E-state index contributed by atoms with van der Waals surface area (Å²) in [5, 5.41) is 3.63. The minimum Gasteiger partial charge on any atom is -0.379 e. The van der Waals surface area contributed by atoms with Crippen LogP contribution in [0, 0.1) is 5.92 Å². The van der Waals surface area contributed by atoms with Gasteiger partial charge in [-0.1, -0.05) is 20.8 Å². The fraction of sp³-hybridized carbons (Fsp3) is 1.00. The van der Waals surface area contributed by atoms with Crippen LogP contribution in [0.3, 0.4) is 0 Å². The average molecular weight is 229 g/mol. The Morgan fingerprint density at radius 2 is 1.81 bits per heavy atom. The molecule has 2 heteroatoms. The molecule has 1 unspecified atom stereocenters. The second-order valence-corrected chi connectivity index (χ2v) is 5.34. The zero-order chi connectivity index (χ0) is 12.4. The zero-order valence-corrected chi connectivity index (χ0v) is 11.9. The largest absolute Gasteiger partial charge is 0.379 e. The van der Waals surface area contributed by atoms with Gasteiger partial charge in [0.1, 0.15) is 0 Å². The normalized spacial score (nSPS) is 13.7. The molecule has 0 aromatic rings. The van der Waals surface area contributed by atoms with Gasteiger partial charge in [-0.2, -0.15) is 0 Å². The first kappa shape index (κ1) is 15.9. The fourth-order valence-corrected chi connectivity index (χ4v) is 1.87. The van der Waals surface area contributed by atoms with E-state index >= 15 is 0 Å². The molecule has 0 spiro atoms. The molecule has 1 N–H and O–H groups in total. The van der Waals surface area contributed by atoms with E-state index in [-0.39, 0.29) is 0 Å². The van der Waals surface area contributed by atoms with Gasteiger partial charge in [-0.05, 0) is 52.0 Å². The maximum Gasteiger partial charge on any atom is 0.0518 e. The lowest BCUT2D eigenvalue weighted by atomic mass is 10.00. The molecular weight excluding hydrogens is 198 g/mol. The van der Waals surface area contributed by atoms with Crippen molar-refractivity contribution < 1.29 is 4.74 Å². The summed E-state index contributed by atoms with van der Waals surface area (Å²) in [7, 11) is 0. The van der Waals surface area contributed by atoms with Crippen molar-refractivity contribution in [2.45, 2.75) is 72.4 Å². The minimum absolute atomic E-state index is 0.368. The highest BCUT2D eigenvalue weighted by atomic mass is 16.5. The van der Waals surface area contributed by atoms with Gasteiger partial charge in [-0.25, -0.2) is 0 Å². The van der Waals surface area contributed by atoms with E-state index < -0.39 is 0 Å². The van der Waals surface area contributed by atoms with Crippen molar-refractivity contribution in [3.63, 3.8) is 0 Å². The monoisotopic (exact) mass is 229 g/mol. The zero-order valence-electron chi connectivity index (χ0n) is 11.9. The van der Waals surface area contributed by atoms with Gasteiger partial charge < -0.3 is 10.1 Å². The Labute approximate surface area is 102 Å². The molecule has 0 aromatic heterocycles. The lowest BCUT2D eigenvalue weighted by molar-refractivity contribution is 0.0740. The summed E-state index contributed by atoms with van der Waals surface area (Å²) >= 11 is 0. The highest BCUT2D eigenvalue weighted by Gasteiger charge is 2.09. The van der Waals surface area contributed by atoms with E-state index in [1.54, 1.807) is 0 Å². The first-order valence-electron chi connectivity index (χ1n) is 6.91. The summed E-state index contributed by atoms with van der Waals surface area (Å²) in [5.74, 6) is 0.778.